The van der Waals surface area contributed by atoms with E-state index in [9.17, 15) is 4.79 Å². The van der Waals surface area contributed by atoms with E-state index >= 15 is 0 Å². The summed E-state index contributed by atoms with van der Waals surface area (Å²) in [7, 11) is 0. The van der Waals surface area contributed by atoms with Gasteiger partial charge in [0.05, 0.1) is 12.0 Å². The average molecular weight is 198 g/mol. The fourth-order valence-corrected chi connectivity index (χ4v) is 1.26. The standard InChI is InChI=1S/C12H22O2/c1-9(2)7-12(5,6)11(13)14-8-10(3)4/h10H,1,7-8H2,2-6H3. The van der Waals surface area contributed by atoms with E-state index in [4.69, 9.17) is 4.74 Å². The molecule has 0 aliphatic carbocycles. The highest BCUT2D eigenvalue weighted by Crippen LogP contribution is 2.26. The zero-order valence-corrected chi connectivity index (χ0v) is 10.0. The predicted octanol–water partition coefficient (Wildman–Crippen LogP) is 3.18. The maximum Gasteiger partial charge on any atom is 0.311 e. The second kappa shape index (κ2) is 5.18. The molecule has 0 amide bonds. The van der Waals surface area contributed by atoms with Gasteiger partial charge in [-0.2, -0.15) is 0 Å². The molecule has 0 aromatic heterocycles. The maximum atomic E-state index is 11.6. The summed E-state index contributed by atoms with van der Waals surface area (Å²) in [6.07, 6.45) is 0.684. The molecule has 2 nitrogen and oxygen atoms in total. The lowest BCUT2D eigenvalue weighted by Gasteiger charge is -2.23. The summed E-state index contributed by atoms with van der Waals surface area (Å²) in [5.74, 6) is 0.258. The third kappa shape index (κ3) is 5.05. The van der Waals surface area contributed by atoms with Crippen LogP contribution < -0.4 is 0 Å². The van der Waals surface area contributed by atoms with Crippen LogP contribution >= 0.6 is 0 Å². The maximum absolute atomic E-state index is 11.6. The van der Waals surface area contributed by atoms with Crippen LogP contribution in [0.25, 0.3) is 0 Å². The lowest BCUT2D eigenvalue weighted by atomic mass is 9.86. The van der Waals surface area contributed by atoms with Crippen molar-refractivity contribution in [2.45, 2.75) is 41.0 Å². The summed E-state index contributed by atoms with van der Waals surface area (Å²) in [5, 5.41) is 0. The number of ether oxygens (including phenoxy) is 1. The minimum atomic E-state index is -0.444. The molecule has 14 heavy (non-hydrogen) atoms. The van der Waals surface area contributed by atoms with E-state index in [0.717, 1.165) is 5.57 Å². The highest BCUT2D eigenvalue weighted by atomic mass is 16.5. The molecule has 0 saturated heterocycles. The zero-order chi connectivity index (χ0) is 11.4. The Kier molecular flexibility index (Phi) is 4.89. The lowest BCUT2D eigenvalue weighted by Crippen LogP contribution is -2.28. The van der Waals surface area contributed by atoms with Crippen LogP contribution in [-0.2, 0) is 9.53 Å². The van der Waals surface area contributed by atoms with Crippen LogP contribution in [0.15, 0.2) is 12.2 Å². The monoisotopic (exact) mass is 198 g/mol. The van der Waals surface area contributed by atoms with Crippen molar-refractivity contribution in [3.63, 3.8) is 0 Å². The van der Waals surface area contributed by atoms with Gasteiger partial charge in [0.15, 0.2) is 0 Å². The summed E-state index contributed by atoms with van der Waals surface area (Å²) in [6, 6.07) is 0. The van der Waals surface area contributed by atoms with Crippen LogP contribution in [0.1, 0.15) is 41.0 Å². The second-order valence-electron chi connectivity index (χ2n) is 5.01. The highest BCUT2D eigenvalue weighted by molar-refractivity contribution is 5.76. The third-order valence-corrected chi connectivity index (χ3v) is 1.84. The van der Waals surface area contributed by atoms with E-state index in [1.807, 2.05) is 34.6 Å². The fourth-order valence-electron chi connectivity index (χ4n) is 1.26. The first kappa shape index (κ1) is 13.2. The van der Waals surface area contributed by atoms with Crippen LogP contribution in [0.3, 0.4) is 0 Å². The van der Waals surface area contributed by atoms with Gasteiger partial charge >= 0.3 is 5.97 Å². The summed E-state index contributed by atoms with van der Waals surface area (Å²) >= 11 is 0. The molecule has 0 heterocycles. The predicted molar refractivity (Wildman–Crippen MR) is 59.0 cm³/mol. The molecule has 0 fully saturated rings. The molecule has 2 heteroatoms. The number of carbonyl (C=O) groups excluding carboxylic acids is 1. The summed E-state index contributed by atoms with van der Waals surface area (Å²) in [4.78, 5) is 11.6. The van der Waals surface area contributed by atoms with E-state index in [-0.39, 0.29) is 5.97 Å². The molecule has 0 aromatic rings. The topological polar surface area (TPSA) is 26.3 Å². The molecular formula is C12H22O2. The first-order valence-electron chi connectivity index (χ1n) is 5.07. The quantitative estimate of drug-likeness (QED) is 0.501. The molecule has 0 spiro atoms. The summed E-state index contributed by atoms with van der Waals surface area (Å²) in [5.41, 5.74) is 0.567. The molecule has 0 aliphatic rings. The number of allylic oxidation sites excluding steroid dienone is 1. The molecule has 0 N–H and O–H groups in total. The highest BCUT2D eigenvalue weighted by Gasteiger charge is 2.29. The molecule has 0 aliphatic heterocycles. The van der Waals surface area contributed by atoms with Gasteiger partial charge in [0.1, 0.15) is 0 Å². The van der Waals surface area contributed by atoms with E-state index in [1.54, 1.807) is 0 Å². The summed E-state index contributed by atoms with van der Waals surface area (Å²) in [6.45, 7) is 14.1. The van der Waals surface area contributed by atoms with Gasteiger partial charge in [-0.3, -0.25) is 4.79 Å². The van der Waals surface area contributed by atoms with Gasteiger partial charge in [-0.25, -0.2) is 0 Å². The van der Waals surface area contributed by atoms with Crippen molar-refractivity contribution in [3.8, 4) is 0 Å². The van der Waals surface area contributed by atoms with E-state index in [1.165, 1.54) is 0 Å². The Morgan fingerprint density at radius 1 is 1.43 bits per heavy atom. The van der Waals surface area contributed by atoms with E-state index < -0.39 is 5.41 Å². The van der Waals surface area contributed by atoms with Crippen molar-refractivity contribution in [3.05, 3.63) is 12.2 Å². The Bertz CT molecular complexity index is 214. The zero-order valence-electron chi connectivity index (χ0n) is 10.0. The van der Waals surface area contributed by atoms with Crippen molar-refractivity contribution in [1.82, 2.24) is 0 Å². The number of esters is 1. The normalized spacial score (nSPS) is 11.6. The fraction of sp³-hybridized carbons (Fsp3) is 0.750. The van der Waals surface area contributed by atoms with Gasteiger partial charge in [-0.1, -0.05) is 19.4 Å². The van der Waals surface area contributed by atoms with Gasteiger partial charge < -0.3 is 4.74 Å². The Morgan fingerprint density at radius 2 is 1.93 bits per heavy atom. The SMILES string of the molecule is C=C(C)CC(C)(C)C(=O)OCC(C)C. The molecule has 0 saturated carbocycles. The van der Waals surface area contributed by atoms with Crippen molar-refractivity contribution in [2.75, 3.05) is 6.61 Å². The average Bonchev–Trinajstić information content (AvgIpc) is 1.97. The van der Waals surface area contributed by atoms with Gasteiger partial charge in [-0.05, 0) is 33.1 Å². The van der Waals surface area contributed by atoms with E-state index in [2.05, 4.69) is 6.58 Å². The van der Waals surface area contributed by atoms with Crippen LogP contribution in [-0.4, -0.2) is 12.6 Å². The van der Waals surface area contributed by atoms with Crippen molar-refractivity contribution in [1.29, 1.82) is 0 Å². The van der Waals surface area contributed by atoms with Crippen LogP contribution in [0, 0.1) is 11.3 Å². The lowest BCUT2D eigenvalue weighted by molar-refractivity contribution is -0.155. The first-order chi connectivity index (χ1) is 6.25. The van der Waals surface area contributed by atoms with Gasteiger partial charge in [0, 0.05) is 0 Å². The van der Waals surface area contributed by atoms with Crippen LogP contribution in [0.4, 0.5) is 0 Å². The summed E-state index contributed by atoms with van der Waals surface area (Å²) < 4.78 is 5.19. The molecular weight excluding hydrogens is 176 g/mol. The van der Waals surface area contributed by atoms with Crippen LogP contribution in [0.5, 0.6) is 0 Å². The Morgan fingerprint density at radius 3 is 2.29 bits per heavy atom. The molecule has 0 radical (unpaired) electrons. The molecule has 0 unspecified atom stereocenters. The van der Waals surface area contributed by atoms with Crippen molar-refractivity contribution >= 4 is 5.97 Å². The van der Waals surface area contributed by atoms with Gasteiger partial charge in [0.2, 0.25) is 0 Å². The van der Waals surface area contributed by atoms with Gasteiger partial charge in [-0.15, -0.1) is 6.58 Å². The number of hydrogen-bond acceptors (Lipinski definition) is 2. The Balaban J connectivity index is 4.14. The molecule has 0 aromatic carbocycles. The number of carbonyl (C=O) groups is 1. The number of hydrogen-bond donors (Lipinski definition) is 0. The van der Waals surface area contributed by atoms with Crippen molar-refractivity contribution < 1.29 is 9.53 Å². The van der Waals surface area contributed by atoms with Crippen LogP contribution in [0.2, 0.25) is 0 Å². The molecule has 0 rings (SSSR count). The second-order valence-corrected chi connectivity index (χ2v) is 5.01. The Labute approximate surface area is 87.3 Å². The molecule has 82 valence electrons. The first-order valence-corrected chi connectivity index (χ1v) is 5.07. The minimum Gasteiger partial charge on any atom is -0.465 e. The molecule has 0 bridgehead atoms. The number of rotatable bonds is 5. The largest absolute Gasteiger partial charge is 0.465 e. The smallest absolute Gasteiger partial charge is 0.311 e. The Hall–Kier alpha value is -0.790. The molecule has 0 atom stereocenters. The minimum absolute atomic E-state index is 0.130. The third-order valence-electron chi connectivity index (χ3n) is 1.84. The van der Waals surface area contributed by atoms with Crippen molar-refractivity contribution in [2.24, 2.45) is 11.3 Å². The van der Waals surface area contributed by atoms with Gasteiger partial charge in [0.25, 0.3) is 0 Å². The van der Waals surface area contributed by atoms with E-state index in [0.29, 0.717) is 18.9 Å².